The van der Waals surface area contributed by atoms with Crippen molar-refractivity contribution in [1.29, 1.82) is 0 Å². The normalized spacial score (nSPS) is 19.7. The zero-order valence-electron chi connectivity index (χ0n) is 10.5. The van der Waals surface area contributed by atoms with Gasteiger partial charge in [0.05, 0.1) is 0 Å². The van der Waals surface area contributed by atoms with Gasteiger partial charge in [-0.2, -0.15) is 0 Å². The van der Waals surface area contributed by atoms with Crippen molar-refractivity contribution < 1.29 is 4.79 Å². The number of anilines is 1. The minimum absolute atomic E-state index is 0.0181. The molecule has 1 aromatic heterocycles. The first-order chi connectivity index (χ1) is 8.63. The topological polar surface area (TPSA) is 57.3 Å². The predicted molar refractivity (Wildman–Crippen MR) is 74.7 cm³/mol. The average Bonchev–Trinajstić information content (AvgIpc) is 2.41. The van der Waals surface area contributed by atoms with E-state index in [1.54, 1.807) is 13.2 Å². The minimum Gasteiger partial charge on any atom is -0.357 e. The lowest BCUT2D eigenvalue weighted by molar-refractivity contribution is -0.122. The molecule has 1 aromatic rings. The molecule has 98 valence electrons. The number of amides is 1. The van der Waals surface area contributed by atoms with Crippen LogP contribution in [0.2, 0.25) is 0 Å². The maximum absolute atomic E-state index is 11.9. The number of aryl methyl sites for hydroxylation is 1. The molecule has 0 spiro atoms. The highest BCUT2D eigenvalue weighted by molar-refractivity contribution is 9.10. The van der Waals surface area contributed by atoms with Gasteiger partial charge in [0.25, 0.3) is 0 Å². The summed E-state index contributed by atoms with van der Waals surface area (Å²) in [5, 5.41) is 5.94. The molecule has 1 unspecified atom stereocenters. The molecule has 0 saturated carbocycles. The summed E-state index contributed by atoms with van der Waals surface area (Å²) in [7, 11) is 1.66. The SMILES string of the molecule is CNC(=O)C1CNCCN1c1cc(C)c(Br)cn1. The van der Waals surface area contributed by atoms with Crippen LogP contribution in [-0.4, -0.2) is 43.6 Å². The summed E-state index contributed by atoms with van der Waals surface area (Å²) in [6, 6.07) is 1.81. The van der Waals surface area contributed by atoms with Crippen molar-refractivity contribution in [3.05, 3.63) is 22.3 Å². The molecule has 18 heavy (non-hydrogen) atoms. The Morgan fingerprint density at radius 2 is 2.44 bits per heavy atom. The number of rotatable bonds is 2. The lowest BCUT2D eigenvalue weighted by Crippen LogP contribution is -2.57. The molecule has 0 aromatic carbocycles. The van der Waals surface area contributed by atoms with Crippen LogP contribution >= 0.6 is 15.9 Å². The molecule has 2 heterocycles. The van der Waals surface area contributed by atoms with Crippen LogP contribution < -0.4 is 15.5 Å². The molecule has 0 bridgehead atoms. The number of nitrogens with one attached hydrogen (secondary N) is 2. The Labute approximate surface area is 115 Å². The van der Waals surface area contributed by atoms with Gasteiger partial charge in [-0.3, -0.25) is 4.79 Å². The Bertz CT molecular complexity index is 452. The fourth-order valence-electron chi connectivity index (χ4n) is 2.06. The number of hydrogen-bond donors (Lipinski definition) is 2. The Morgan fingerprint density at radius 3 is 3.11 bits per heavy atom. The first-order valence-corrected chi connectivity index (χ1v) is 6.74. The molecule has 1 fully saturated rings. The van der Waals surface area contributed by atoms with Crippen LogP contribution in [0.1, 0.15) is 5.56 Å². The summed E-state index contributed by atoms with van der Waals surface area (Å²) in [4.78, 5) is 18.3. The van der Waals surface area contributed by atoms with Gasteiger partial charge in [0, 0.05) is 37.4 Å². The summed E-state index contributed by atoms with van der Waals surface area (Å²) in [6.45, 7) is 4.32. The number of likely N-dealkylation sites (N-methyl/N-ethyl adjacent to an activating group) is 1. The van der Waals surface area contributed by atoms with Gasteiger partial charge in [-0.25, -0.2) is 4.98 Å². The second-order valence-electron chi connectivity index (χ2n) is 4.32. The Kier molecular flexibility index (Phi) is 4.19. The van der Waals surface area contributed by atoms with Gasteiger partial charge in [-0.15, -0.1) is 0 Å². The molecule has 0 aliphatic carbocycles. The van der Waals surface area contributed by atoms with Gasteiger partial charge in [0.2, 0.25) is 5.91 Å². The van der Waals surface area contributed by atoms with Crippen LogP contribution in [0.3, 0.4) is 0 Å². The lowest BCUT2D eigenvalue weighted by Gasteiger charge is -2.35. The number of carbonyl (C=O) groups excluding carboxylic acids is 1. The van der Waals surface area contributed by atoms with Gasteiger partial charge in [0.15, 0.2) is 0 Å². The van der Waals surface area contributed by atoms with E-state index >= 15 is 0 Å². The molecule has 1 aliphatic rings. The highest BCUT2D eigenvalue weighted by Gasteiger charge is 2.28. The largest absolute Gasteiger partial charge is 0.357 e. The zero-order valence-corrected chi connectivity index (χ0v) is 12.1. The van der Waals surface area contributed by atoms with E-state index in [0.29, 0.717) is 6.54 Å². The summed E-state index contributed by atoms with van der Waals surface area (Å²) < 4.78 is 0.984. The zero-order chi connectivity index (χ0) is 13.1. The molecule has 6 heteroatoms. The summed E-state index contributed by atoms with van der Waals surface area (Å²) >= 11 is 3.44. The van der Waals surface area contributed by atoms with Crippen molar-refractivity contribution in [3.63, 3.8) is 0 Å². The minimum atomic E-state index is -0.197. The van der Waals surface area contributed by atoms with Crippen LogP contribution in [0.4, 0.5) is 5.82 Å². The van der Waals surface area contributed by atoms with E-state index in [2.05, 4.69) is 36.4 Å². The molecule has 1 amide bonds. The van der Waals surface area contributed by atoms with E-state index in [4.69, 9.17) is 0 Å². The van der Waals surface area contributed by atoms with Crippen molar-refractivity contribution in [3.8, 4) is 0 Å². The number of pyridine rings is 1. The van der Waals surface area contributed by atoms with Gasteiger partial charge < -0.3 is 15.5 Å². The Morgan fingerprint density at radius 1 is 1.67 bits per heavy atom. The number of hydrogen-bond acceptors (Lipinski definition) is 4. The third kappa shape index (κ3) is 2.64. The van der Waals surface area contributed by atoms with Crippen LogP contribution in [0.25, 0.3) is 0 Å². The average molecular weight is 313 g/mol. The van der Waals surface area contributed by atoms with Gasteiger partial charge in [-0.05, 0) is 34.5 Å². The van der Waals surface area contributed by atoms with Crippen molar-refractivity contribution in [2.75, 3.05) is 31.6 Å². The van der Waals surface area contributed by atoms with Crippen LogP contribution in [0.15, 0.2) is 16.7 Å². The molecule has 5 nitrogen and oxygen atoms in total. The van der Waals surface area contributed by atoms with E-state index in [0.717, 1.165) is 28.9 Å². The van der Waals surface area contributed by atoms with Crippen LogP contribution in [0, 0.1) is 6.92 Å². The molecule has 2 rings (SSSR count). The first-order valence-electron chi connectivity index (χ1n) is 5.94. The van der Waals surface area contributed by atoms with Gasteiger partial charge >= 0.3 is 0 Å². The molecule has 1 atom stereocenters. The number of halogens is 1. The highest BCUT2D eigenvalue weighted by Crippen LogP contribution is 2.22. The van der Waals surface area contributed by atoms with E-state index in [1.807, 2.05) is 13.0 Å². The van der Waals surface area contributed by atoms with E-state index < -0.39 is 0 Å². The lowest BCUT2D eigenvalue weighted by atomic mass is 10.1. The van der Waals surface area contributed by atoms with Crippen LogP contribution in [0.5, 0.6) is 0 Å². The maximum atomic E-state index is 11.9. The molecule has 2 N–H and O–H groups in total. The Balaban J connectivity index is 2.27. The fourth-order valence-corrected chi connectivity index (χ4v) is 2.28. The number of aromatic nitrogens is 1. The maximum Gasteiger partial charge on any atom is 0.243 e. The van der Waals surface area contributed by atoms with Gasteiger partial charge in [0.1, 0.15) is 11.9 Å². The summed E-state index contributed by atoms with van der Waals surface area (Å²) in [5.74, 6) is 0.871. The van der Waals surface area contributed by atoms with Crippen molar-refractivity contribution >= 4 is 27.7 Å². The van der Waals surface area contributed by atoms with Crippen molar-refractivity contribution in [1.82, 2.24) is 15.6 Å². The molecule has 1 saturated heterocycles. The highest BCUT2D eigenvalue weighted by atomic mass is 79.9. The Hall–Kier alpha value is -1.14. The third-order valence-corrected chi connectivity index (χ3v) is 3.95. The summed E-state index contributed by atoms with van der Waals surface area (Å²) in [6.07, 6.45) is 1.79. The first kappa shape index (κ1) is 13.3. The van der Waals surface area contributed by atoms with Gasteiger partial charge in [-0.1, -0.05) is 0 Å². The van der Waals surface area contributed by atoms with E-state index in [1.165, 1.54) is 0 Å². The predicted octanol–water partition coefficient (Wildman–Crippen LogP) is 0.677. The van der Waals surface area contributed by atoms with Crippen molar-refractivity contribution in [2.24, 2.45) is 0 Å². The second-order valence-corrected chi connectivity index (χ2v) is 5.17. The quantitative estimate of drug-likeness (QED) is 0.843. The van der Waals surface area contributed by atoms with Crippen molar-refractivity contribution in [2.45, 2.75) is 13.0 Å². The number of carbonyl (C=O) groups is 1. The number of piperazine rings is 1. The smallest absolute Gasteiger partial charge is 0.243 e. The van der Waals surface area contributed by atoms with E-state index in [9.17, 15) is 4.79 Å². The van der Waals surface area contributed by atoms with Crippen LogP contribution in [-0.2, 0) is 4.79 Å². The number of nitrogens with zero attached hydrogens (tertiary/aromatic N) is 2. The standard InChI is InChI=1S/C12H17BrN4O/c1-8-5-11(16-6-9(8)13)17-4-3-15-7-10(17)12(18)14-2/h5-6,10,15H,3-4,7H2,1-2H3,(H,14,18). The summed E-state index contributed by atoms with van der Waals surface area (Å²) in [5.41, 5.74) is 1.12. The molecular weight excluding hydrogens is 296 g/mol. The second kappa shape index (κ2) is 5.67. The molecular formula is C12H17BrN4O. The van der Waals surface area contributed by atoms with E-state index in [-0.39, 0.29) is 11.9 Å². The third-order valence-electron chi connectivity index (χ3n) is 3.12. The molecule has 0 radical (unpaired) electrons. The molecule has 1 aliphatic heterocycles. The fraction of sp³-hybridized carbons (Fsp3) is 0.500. The monoisotopic (exact) mass is 312 g/mol.